The fourth-order valence-corrected chi connectivity index (χ4v) is 5.04. The Balaban J connectivity index is 1.40. The molecule has 1 saturated heterocycles. The molecule has 1 saturated carbocycles. The molecule has 1 aromatic rings. The van der Waals surface area contributed by atoms with Crippen molar-refractivity contribution in [3.05, 3.63) is 66.3 Å². The summed E-state index contributed by atoms with van der Waals surface area (Å²) in [5.74, 6) is 1.36. The number of methoxy groups -OCH3 is 1. The number of unbranched alkanes of at least 4 members (excludes halogenated alkanes) is 3. The van der Waals surface area contributed by atoms with Crippen LogP contribution in [0.2, 0.25) is 0 Å². The maximum absolute atomic E-state index is 12.1. The predicted octanol–water partition coefficient (Wildman–Crippen LogP) is 6.85. The number of hydrogen-bond acceptors (Lipinski definition) is 5. The van der Waals surface area contributed by atoms with E-state index in [9.17, 15) is 4.79 Å². The highest BCUT2D eigenvalue weighted by Crippen LogP contribution is 2.52. The molecule has 2 aliphatic heterocycles. The SMILES string of the molecule is CCCCC/C=C\C/C=C/[C@H]1OC(c2ccc(OC)cc2)O[C@@H]1[C@@H]1C[C@H]1[C@H]1C/C=C\CCC(=O)O1. The second-order valence-electron chi connectivity index (χ2n) is 9.78. The molecule has 1 unspecified atom stereocenters. The van der Waals surface area contributed by atoms with E-state index in [-0.39, 0.29) is 24.3 Å². The van der Waals surface area contributed by atoms with E-state index < -0.39 is 6.29 Å². The molecule has 5 heteroatoms. The van der Waals surface area contributed by atoms with Gasteiger partial charge in [0.05, 0.1) is 13.2 Å². The van der Waals surface area contributed by atoms with Gasteiger partial charge in [-0.15, -0.1) is 0 Å². The lowest BCUT2D eigenvalue weighted by atomic mass is 10.0. The van der Waals surface area contributed by atoms with Crippen molar-refractivity contribution >= 4 is 5.97 Å². The Kier molecular flexibility index (Phi) is 9.61. The quantitative estimate of drug-likeness (QED) is 0.197. The van der Waals surface area contributed by atoms with Crippen molar-refractivity contribution < 1.29 is 23.7 Å². The smallest absolute Gasteiger partial charge is 0.306 e. The van der Waals surface area contributed by atoms with E-state index in [0.717, 1.165) is 43.4 Å². The van der Waals surface area contributed by atoms with Gasteiger partial charge in [-0.3, -0.25) is 4.79 Å². The zero-order valence-corrected chi connectivity index (χ0v) is 21.1. The van der Waals surface area contributed by atoms with Gasteiger partial charge in [-0.25, -0.2) is 0 Å². The van der Waals surface area contributed by atoms with E-state index in [2.05, 4.69) is 43.4 Å². The van der Waals surface area contributed by atoms with Gasteiger partial charge in [-0.05, 0) is 50.2 Å². The first-order valence-electron chi connectivity index (χ1n) is 13.3. The first kappa shape index (κ1) is 25.7. The van der Waals surface area contributed by atoms with Gasteiger partial charge in [0.15, 0.2) is 6.29 Å². The average molecular weight is 481 g/mol. The van der Waals surface area contributed by atoms with Crippen LogP contribution >= 0.6 is 0 Å². The molecular weight excluding hydrogens is 440 g/mol. The maximum atomic E-state index is 12.1. The third kappa shape index (κ3) is 7.31. The molecule has 0 N–H and O–H groups in total. The second-order valence-corrected chi connectivity index (χ2v) is 9.78. The van der Waals surface area contributed by atoms with Crippen molar-refractivity contribution in [3.8, 4) is 5.75 Å². The summed E-state index contributed by atoms with van der Waals surface area (Å²) in [4.78, 5) is 12.1. The normalized spacial score (nSPS) is 31.9. The number of carbonyl (C=O) groups is 1. The number of cyclic esters (lactones) is 1. The van der Waals surface area contributed by atoms with E-state index in [1.807, 2.05) is 24.3 Å². The van der Waals surface area contributed by atoms with E-state index in [0.29, 0.717) is 18.3 Å². The van der Waals surface area contributed by atoms with Crippen molar-refractivity contribution in [3.63, 3.8) is 0 Å². The first-order valence-corrected chi connectivity index (χ1v) is 13.3. The number of allylic oxidation sites excluding steroid dienone is 4. The molecule has 0 spiro atoms. The molecule has 0 bridgehead atoms. The van der Waals surface area contributed by atoms with Crippen molar-refractivity contribution in [2.24, 2.45) is 11.8 Å². The summed E-state index contributed by atoms with van der Waals surface area (Å²) in [6.07, 6.45) is 21.3. The van der Waals surface area contributed by atoms with Crippen LogP contribution in [0.5, 0.6) is 5.75 Å². The number of esters is 1. The summed E-state index contributed by atoms with van der Waals surface area (Å²) >= 11 is 0. The summed E-state index contributed by atoms with van der Waals surface area (Å²) in [5, 5.41) is 0. The Morgan fingerprint density at radius 2 is 1.89 bits per heavy atom. The molecule has 0 amide bonds. The molecule has 190 valence electrons. The van der Waals surface area contributed by atoms with Crippen LogP contribution in [0.1, 0.15) is 76.6 Å². The van der Waals surface area contributed by atoms with Crippen molar-refractivity contribution in [2.75, 3.05) is 7.11 Å². The standard InChI is InChI=1S/C30H40O5/c1-3-4-5-6-7-8-9-11-15-27-29(35-30(34-27)22-17-19-23(32-2)20-18-22)25-21-24(25)26-14-12-10-13-16-28(31)33-26/h7-8,10-12,15,17-20,24-27,29-30H,3-6,9,13-14,16,21H2,1-2H3/b8-7-,12-10-,15-11+/t24-,25-,26-,27-,29-,30?/m1/s1. The van der Waals surface area contributed by atoms with Gasteiger partial charge in [-0.2, -0.15) is 0 Å². The summed E-state index contributed by atoms with van der Waals surface area (Å²) < 4.78 is 24.0. The van der Waals surface area contributed by atoms with Gasteiger partial charge in [0.1, 0.15) is 18.0 Å². The lowest BCUT2D eigenvalue weighted by Gasteiger charge is -2.20. The van der Waals surface area contributed by atoms with Gasteiger partial charge < -0.3 is 18.9 Å². The van der Waals surface area contributed by atoms with E-state index >= 15 is 0 Å². The molecule has 0 radical (unpaired) electrons. The summed E-state index contributed by atoms with van der Waals surface area (Å²) in [5.41, 5.74) is 0.986. The molecule has 5 nitrogen and oxygen atoms in total. The minimum absolute atomic E-state index is 0.0509. The van der Waals surface area contributed by atoms with Crippen LogP contribution in [0.4, 0.5) is 0 Å². The van der Waals surface area contributed by atoms with Crippen LogP contribution in [0.15, 0.2) is 60.7 Å². The molecule has 2 fully saturated rings. The molecule has 4 rings (SSSR count). The topological polar surface area (TPSA) is 54.0 Å². The van der Waals surface area contributed by atoms with Crippen LogP contribution in [-0.4, -0.2) is 31.4 Å². The molecule has 2 heterocycles. The number of carbonyl (C=O) groups excluding carboxylic acids is 1. The number of benzene rings is 1. The minimum Gasteiger partial charge on any atom is -0.497 e. The monoisotopic (exact) mass is 480 g/mol. The molecule has 35 heavy (non-hydrogen) atoms. The highest BCUT2D eigenvalue weighted by molar-refractivity contribution is 5.70. The third-order valence-corrected chi connectivity index (χ3v) is 7.14. The Labute approximate surface area is 210 Å². The number of ether oxygens (including phenoxy) is 4. The molecule has 1 aliphatic carbocycles. The van der Waals surface area contributed by atoms with E-state index in [1.54, 1.807) is 7.11 Å². The van der Waals surface area contributed by atoms with Gasteiger partial charge in [0, 0.05) is 24.3 Å². The van der Waals surface area contributed by atoms with Crippen molar-refractivity contribution in [2.45, 2.75) is 89.3 Å². The zero-order chi connectivity index (χ0) is 24.5. The first-order chi connectivity index (χ1) is 17.2. The van der Waals surface area contributed by atoms with Crippen LogP contribution in [0.25, 0.3) is 0 Å². The molecule has 3 aliphatic rings. The summed E-state index contributed by atoms with van der Waals surface area (Å²) in [6.45, 7) is 2.23. The number of hydrogen-bond donors (Lipinski definition) is 0. The van der Waals surface area contributed by atoms with Crippen LogP contribution < -0.4 is 4.74 Å². The zero-order valence-electron chi connectivity index (χ0n) is 21.1. The molecule has 1 aromatic carbocycles. The fraction of sp³-hybridized carbons (Fsp3) is 0.567. The third-order valence-electron chi connectivity index (χ3n) is 7.14. The highest BCUT2D eigenvalue weighted by Gasteiger charge is 2.54. The highest BCUT2D eigenvalue weighted by atomic mass is 16.7. The Morgan fingerprint density at radius 1 is 1.03 bits per heavy atom. The van der Waals surface area contributed by atoms with E-state index in [4.69, 9.17) is 18.9 Å². The van der Waals surface area contributed by atoms with Crippen LogP contribution in [0, 0.1) is 11.8 Å². The Bertz CT molecular complexity index is 887. The van der Waals surface area contributed by atoms with Crippen LogP contribution in [-0.2, 0) is 19.0 Å². The summed E-state index contributed by atoms with van der Waals surface area (Å²) in [7, 11) is 1.66. The van der Waals surface area contributed by atoms with Crippen LogP contribution in [0.3, 0.4) is 0 Å². The lowest BCUT2D eigenvalue weighted by Crippen LogP contribution is -2.27. The average Bonchev–Trinajstić information content (AvgIpc) is 3.54. The van der Waals surface area contributed by atoms with Crippen molar-refractivity contribution in [1.29, 1.82) is 0 Å². The van der Waals surface area contributed by atoms with Crippen molar-refractivity contribution in [1.82, 2.24) is 0 Å². The van der Waals surface area contributed by atoms with Gasteiger partial charge in [0.25, 0.3) is 0 Å². The molecule has 0 aromatic heterocycles. The van der Waals surface area contributed by atoms with Gasteiger partial charge >= 0.3 is 5.97 Å². The number of rotatable bonds is 11. The molecule has 6 atom stereocenters. The summed E-state index contributed by atoms with van der Waals surface area (Å²) in [6, 6.07) is 7.86. The van der Waals surface area contributed by atoms with Gasteiger partial charge in [-0.1, -0.05) is 68.4 Å². The minimum atomic E-state index is -0.411. The lowest BCUT2D eigenvalue weighted by molar-refractivity contribution is -0.150. The Hall–Kier alpha value is -2.37. The largest absolute Gasteiger partial charge is 0.497 e. The van der Waals surface area contributed by atoms with Gasteiger partial charge in [0.2, 0.25) is 0 Å². The Morgan fingerprint density at radius 3 is 2.69 bits per heavy atom. The van der Waals surface area contributed by atoms with E-state index in [1.165, 1.54) is 19.3 Å². The fourth-order valence-electron chi connectivity index (χ4n) is 5.04. The molecular formula is C30H40O5. The maximum Gasteiger partial charge on any atom is 0.306 e. The second kappa shape index (κ2) is 13.1. The predicted molar refractivity (Wildman–Crippen MR) is 137 cm³/mol.